The molecule has 2 aromatic heterocycles. The molecule has 4 nitrogen and oxygen atoms in total. The third kappa shape index (κ3) is 8.40. The van der Waals surface area contributed by atoms with Gasteiger partial charge in [-0.15, -0.1) is 0 Å². The Labute approximate surface area is 312 Å². The molecule has 0 spiro atoms. The van der Waals surface area contributed by atoms with Crippen molar-refractivity contribution in [1.29, 1.82) is 5.26 Å². The molecular weight excluding hydrogens is 645 g/mol. The minimum absolute atomic E-state index is 0.560. The predicted molar refractivity (Wildman–Crippen MR) is 222 cm³/mol. The third-order valence-electron chi connectivity index (χ3n) is 8.58. The van der Waals surface area contributed by atoms with Crippen LogP contribution in [0.1, 0.15) is 23.9 Å². The van der Waals surface area contributed by atoms with E-state index in [1.54, 1.807) is 24.3 Å². The van der Waals surface area contributed by atoms with Gasteiger partial charge in [-0.3, -0.25) is 0 Å². The van der Waals surface area contributed by atoms with Crippen molar-refractivity contribution in [3.05, 3.63) is 201 Å². The first-order valence-corrected chi connectivity index (χ1v) is 17.3. The number of allylic oxidation sites excluding steroid dienone is 3. The van der Waals surface area contributed by atoms with E-state index in [2.05, 4.69) is 111 Å². The zero-order valence-corrected chi connectivity index (χ0v) is 29.7. The van der Waals surface area contributed by atoms with Gasteiger partial charge in [0.2, 0.25) is 0 Å². The lowest BCUT2D eigenvalue weighted by atomic mass is 9.95. The Bertz CT molecular complexity index is 2400. The Hall–Kier alpha value is -7.22. The maximum atomic E-state index is 9.52. The molecule has 0 saturated carbocycles. The molecule has 0 N–H and O–H groups in total. The summed E-state index contributed by atoms with van der Waals surface area (Å²) in [6.07, 6.45) is 8.94. The van der Waals surface area contributed by atoms with Crippen LogP contribution in [0.2, 0.25) is 0 Å². The predicted octanol–water partition coefficient (Wildman–Crippen LogP) is 12.8. The van der Waals surface area contributed by atoms with Crippen LogP contribution >= 0.6 is 0 Å². The van der Waals surface area contributed by atoms with E-state index in [9.17, 15) is 5.26 Å². The summed E-state index contributed by atoms with van der Waals surface area (Å²) in [5.74, 6) is 0. The van der Waals surface area contributed by atoms with E-state index in [4.69, 9.17) is 15.0 Å². The second-order valence-corrected chi connectivity index (χ2v) is 12.1. The highest BCUT2D eigenvalue weighted by Crippen LogP contribution is 2.35. The zero-order chi connectivity index (χ0) is 37.0. The van der Waals surface area contributed by atoms with Gasteiger partial charge in [0, 0.05) is 22.3 Å². The van der Waals surface area contributed by atoms with Crippen molar-refractivity contribution in [2.24, 2.45) is 0 Å². The van der Waals surface area contributed by atoms with Crippen LogP contribution in [0.25, 0.3) is 79.4 Å². The molecule has 0 radical (unpaired) electrons. The van der Waals surface area contributed by atoms with E-state index in [0.717, 1.165) is 55.9 Å². The number of pyridine rings is 1. The molecule has 0 aliphatic heterocycles. The van der Waals surface area contributed by atoms with Gasteiger partial charge in [0.25, 0.3) is 0 Å². The summed E-state index contributed by atoms with van der Waals surface area (Å²) in [5.41, 5.74) is 13.4. The number of nitrogens with zero attached hydrogens (tertiary/aromatic N) is 4. The van der Waals surface area contributed by atoms with Crippen molar-refractivity contribution >= 4 is 12.2 Å². The van der Waals surface area contributed by atoms with Gasteiger partial charge in [0.1, 0.15) is 0 Å². The molecule has 0 fully saturated rings. The van der Waals surface area contributed by atoms with Gasteiger partial charge >= 0.3 is 0 Å². The molecule has 0 saturated heterocycles. The molecule has 0 atom stereocenters. The van der Waals surface area contributed by atoms with Crippen LogP contribution in [-0.4, -0.2) is 15.0 Å². The molecule has 7 aromatic rings. The monoisotopic (exact) mass is 682 g/mol. The quantitative estimate of drug-likeness (QED) is 0.142. The molecule has 5 aromatic carbocycles. The highest BCUT2D eigenvalue weighted by Gasteiger charge is 2.16. The van der Waals surface area contributed by atoms with Crippen LogP contribution in [0.15, 0.2) is 184 Å². The Morgan fingerprint density at radius 3 is 1.47 bits per heavy atom. The first kappa shape index (κ1) is 35.6. The van der Waals surface area contributed by atoms with Gasteiger partial charge in [-0.05, 0) is 71.7 Å². The minimum Gasteiger partial charge on any atom is -0.248 e. The summed E-state index contributed by atoms with van der Waals surface area (Å²) in [7, 11) is 0. The van der Waals surface area contributed by atoms with Crippen LogP contribution in [-0.2, 0) is 0 Å². The lowest BCUT2D eigenvalue weighted by Gasteiger charge is -2.13. The van der Waals surface area contributed by atoms with E-state index in [1.807, 2.05) is 73.7 Å². The number of rotatable bonds is 9. The van der Waals surface area contributed by atoms with Crippen molar-refractivity contribution in [3.63, 3.8) is 0 Å². The SMILES string of the molecule is C=C/C=C\C.C=Cc1nc(-c2ccc(-c3cccc(-c4cc(-c5ccccc5)nc(-c5ccccc5)c4)c3)cc2)c(-c2cccc(C#N)c2)nc1C=C. The van der Waals surface area contributed by atoms with Crippen LogP contribution in [0, 0.1) is 11.3 Å². The zero-order valence-electron chi connectivity index (χ0n) is 29.7. The van der Waals surface area contributed by atoms with Crippen molar-refractivity contribution in [3.8, 4) is 73.4 Å². The van der Waals surface area contributed by atoms with E-state index >= 15 is 0 Å². The maximum Gasteiger partial charge on any atom is 0.0991 e. The second kappa shape index (κ2) is 17.1. The molecule has 4 heteroatoms. The number of hydrogen-bond acceptors (Lipinski definition) is 4. The maximum absolute atomic E-state index is 9.52. The standard InChI is InChI=1S/C44H30N4.C5H8/c1-3-39-40(4-2)48-44(37-20-11-13-30(25-37)29-45)43(47-39)34-23-21-31(22-24-34)35-18-12-19-36(26-35)38-27-41(32-14-7-5-8-15-32)46-42(28-38)33-16-9-6-10-17-33;1-3-5-4-2/h3-28H,1-2H2;3-5H,1H2,2H3/b;5-4-. The number of hydrogen-bond donors (Lipinski definition) is 0. The first-order chi connectivity index (χ1) is 26.0. The Morgan fingerprint density at radius 2 is 0.962 bits per heavy atom. The molecule has 7 rings (SSSR count). The van der Waals surface area contributed by atoms with Gasteiger partial charge in [0.15, 0.2) is 0 Å². The summed E-state index contributed by atoms with van der Waals surface area (Å²) in [6.45, 7) is 13.3. The molecule has 254 valence electrons. The van der Waals surface area contributed by atoms with Crippen molar-refractivity contribution in [2.75, 3.05) is 0 Å². The summed E-state index contributed by atoms with van der Waals surface area (Å²) in [4.78, 5) is 14.9. The van der Waals surface area contributed by atoms with E-state index < -0.39 is 0 Å². The number of aromatic nitrogens is 3. The molecule has 0 aliphatic rings. The fourth-order valence-electron chi connectivity index (χ4n) is 5.95. The van der Waals surface area contributed by atoms with Crippen molar-refractivity contribution in [1.82, 2.24) is 15.0 Å². The molecule has 2 heterocycles. The lowest BCUT2D eigenvalue weighted by Crippen LogP contribution is -2.00. The average molecular weight is 683 g/mol. The summed E-state index contributed by atoms with van der Waals surface area (Å²) < 4.78 is 0. The van der Waals surface area contributed by atoms with Crippen LogP contribution in [0.3, 0.4) is 0 Å². The summed E-state index contributed by atoms with van der Waals surface area (Å²) in [6, 6.07) is 51.5. The fraction of sp³-hybridized carbons (Fsp3) is 0.0204. The molecule has 0 unspecified atom stereocenters. The highest BCUT2D eigenvalue weighted by molar-refractivity contribution is 5.83. The average Bonchev–Trinajstić information content (AvgIpc) is 3.24. The smallest absolute Gasteiger partial charge is 0.0991 e. The Kier molecular flexibility index (Phi) is 11.5. The molecule has 53 heavy (non-hydrogen) atoms. The normalized spacial score (nSPS) is 10.5. The van der Waals surface area contributed by atoms with E-state index in [1.165, 1.54) is 0 Å². The third-order valence-corrected chi connectivity index (χ3v) is 8.58. The topological polar surface area (TPSA) is 62.5 Å². The summed E-state index contributed by atoms with van der Waals surface area (Å²) >= 11 is 0. The first-order valence-electron chi connectivity index (χ1n) is 17.3. The summed E-state index contributed by atoms with van der Waals surface area (Å²) in [5, 5.41) is 9.52. The molecule has 0 bridgehead atoms. The van der Waals surface area contributed by atoms with Gasteiger partial charge in [-0.2, -0.15) is 5.26 Å². The highest BCUT2D eigenvalue weighted by atomic mass is 14.8. The number of benzene rings is 5. The van der Waals surface area contributed by atoms with Crippen LogP contribution in [0.4, 0.5) is 0 Å². The second-order valence-electron chi connectivity index (χ2n) is 12.1. The van der Waals surface area contributed by atoms with Gasteiger partial charge < -0.3 is 0 Å². The fourth-order valence-corrected chi connectivity index (χ4v) is 5.95. The minimum atomic E-state index is 0.560. The van der Waals surface area contributed by atoms with Crippen molar-refractivity contribution < 1.29 is 0 Å². The molecular formula is C49H38N4. The van der Waals surface area contributed by atoms with Gasteiger partial charge in [0.05, 0.1) is 45.8 Å². The lowest BCUT2D eigenvalue weighted by molar-refractivity contribution is 1.17. The van der Waals surface area contributed by atoms with Crippen LogP contribution < -0.4 is 0 Å². The van der Waals surface area contributed by atoms with Gasteiger partial charge in [-0.25, -0.2) is 15.0 Å². The van der Waals surface area contributed by atoms with Gasteiger partial charge in [-0.1, -0.05) is 153 Å². The Morgan fingerprint density at radius 1 is 0.472 bits per heavy atom. The van der Waals surface area contributed by atoms with Crippen LogP contribution in [0.5, 0.6) is 0 Å². The van der Waals surface area contributed by atoms with E-state index in [0.29, 0.717) is 28.3 Å². The van der Waals surface area contributed by atoms with Crippen molar-refractivity contribution in [2.45, 2.75) is 6.92 Å². The largest absolute Gasteiger partial charge is 0.248 e. The van der Waals surface area contributed by atoms with E-state index in [-0.39, 0.29) is 0 Å². The Balaban J connectivity index is 0.000000902. The molecule has 0 aliphatic carbocycles. The number of nitriles is 1. The molecule has 0 amide bonds.